The number of rotatable bonds is 7. The Hall–Kier alpha value is -1.88. The summed E-state index contributed by atoms with van der Waals surface area (Å²) in [6.07, 6.45) is 1.16. The number of carbonyl (C=O) groups excluding carboxylic acids is 1. The smallest absolute Gasteiger partial charge is 0.220 e. The summed E-state index contributed by atoms with van der Waals surface area (Å²) in [5.41, 5.74) is 2.31. The van der Waals surface area contributed by atoms with Gasteiger partial charge in [0.15, 0.2) is 0 Å². The van der Waals surface area contributed by atoms with Crippen LogP contribution < -0.4 is 5.32 Å². The van der Waals surface area contributed by atoms with Crippen LogP contribution in [0.25, 0.3) is 0 Å². The van der Waals surface area contributed by atoms with Crippen LogP contribution in [0.5, 0.6) is 0 Å². The number of nitrogens with zero attached hydrogens (tertiary/aromatic N) is 1. The molecule has 1 amide bonds. The molecule has 3 rings (SSSR count). The van der Waals surface area contributed by atoms with Gasteiger partial charge in [0.05, 0.1) is 19.3 Å². The molecule has 1 heterocycles. The van der Waals surface area contributed by atoms with Gasteiger partial charge in [0.1, 0.15) is 0 Å². The molecule has 0 radical (unpaired) electrons. The zero-order chi connectivity index (χ0) is 18.2. The van der Waals surface area contributed by atoms with Gasteiger partial charge >= 0.3 is 0 Å². The third-order valence-electron chi connectivity index (χ3n) is 4.69. The maximum atomic E-state index is 12.3. The summed E-state index contributed by atoms with van der Waals surface area (Å²) in [5.74, 6) is 0.0687. The van der Waals surface area contributed by atoms with Gasteiger partial charge in [0, 0.05) is 31.1 Å². The molecule has 0 spiro atoms. The number of hydrogen-bond donors (Lipinski definition) is 1. The van der Waals surface area contributed by atoms with E-state index in [-0.39, 0.29) is 11.9 Å². The van der Waals surface area contributed by atoms with Crippen molar-refractivity contribution >= 4 is 17.5 Å². The van der Waals surface area contributed by atoms with Crippen LogP contribution in [0, 0.1) is 0 Å². The van der Waals surface area contributed by atoms with Gasteiger partial charge in [-0.2, -0.15) is 0 Å². The largest absolute Gasteiger partial charge is 0.379 e. The van der Waals surface area contributed by atoms with Gasteiger partial charge in [0.2, 0.25) is 5.91 Å². The molecule has 0 bridgehead atoms. The molecule has 0 saturated carbocycles. The molecule has 1 unspecified atom stereocenters. The molecule has 1 N–H and O–H groups in total. The molecule has 0 aliphatic carbocycles. The normalized spacial score (nSPS) is 16.2. The molecule has 2 aromatic carbocycles. The van der Waals surface area contributed by atoms with Crippen LogP contribution in [0.4, 0.5) is 0 Å². The summed E-state index contributed by atoms with van der Waals surface area (Å²) >= 11 is 6.00. The summed E-state index contributed by atoms with van der Waals surface area (Å²) in [4.78, 5) is 14.7. The van der Waals surface area contributed by atoms with Crippen LogP contribution in [-0.2, 0) is 16.0 Å². The van der Waals surface area contributed by atoms with E-state index in [4.69, 9.17) is 16.3 Å². The molecule has 1 saturated heterocycles. The first kappa shape index (κ1) is 18.9. The second kappa shape index (κ2) is 9.72. The molecular weight excluding hydrogens is 348 g/mol. The summed E-state index contributed by atoms with van der Waals surface area (Å²) < 4.78 is 5.47. The fourth-order valence-electron chi connectivity index (χ4n) is 3.27. The number of carbonyl (C=O) groups is 1. The highest BCUT2D eigenvalue weighted by molar-refractivity contribution is 6.30. The first-order valence-corrected chi connectivity index (χ1v) is 9.48. The molecule has 1 fully saturated rings. The fourth-order valence-corrected chi connectivity index (χ4v) is 3.48. The van der Waals surface area contributed by atoms with Crippen molar-refractivity contribution in [1.29, 1.82) is 0 Å². The molecule has 1 aliphatic heterocycles. The van der Waals surface area contributed by atoms with E-state index in [0.717, 1.165) is 31.9 Å². The topological polar surface area (TPSA) is 41.6 Å². The minimum Gasteiger partial charge on any atom is -0.379 e. The van der Waals surface area contributed by atoms with E-state index in [1.54, 1.807) is 0 Å². The molecule has 5 heteroatoms. The molecule has 1 aliphatic rings. The second-order valence-corrected chi connectivity index (χ2v) is 6.95. The van der Waals surface area contributed by atoms with Crippen LogP contribution in [-0.4, -0.2) is 43.7 Å². The van der Waals surface area contributed by atoms with Gasteiger partial charge in [-0.15, -0.1) is 0 Å². The first-order chi connectivity index (χ1) is 12.7. The Bertz CT molecular complexity index is 702. The SMILES string of the molecule is O=C(CCc1cccc(Cl)c1)NCC(c1ccccc1)N1CCOCC1. The lowest BCUT2D eigenvalue weighted by Gasteiger charge is -2.35. The molecule has 1 atom stereocenters. The number of amides is 1. The highest BCUT2D eigenvalue weighted by atomic mass is 35.5. The van der Waals surface area contributed by atoms with Crippen molar-refractivity contribution in [3.8, 4) is 0 Å². The zero-order valence-electron chi connectivity index (χ0n) is 14.9. The summed E-state index contributed by atoms with van der Waals surface area (Å²) in [6.45, 7) is 3.87. The zero-order valence-corrected chi connectivity index (χ0v) is 15.6. The van der Waals surface area contributed by atoms with E-state index >= 15 is 0 Å². The maximum Gasteiger partial charge on any atom is 0.220 e. The molecule has 26 heavy (non-hydrogen) atoms. The van der Waals surface area contributed by atoms with Crippen LogP contribution in [0.1, 0.15) is 23.6 Å². The Morgan fingerprint density at radius 1 is 1.12 bits per heavy atom. The van der Waals surface area contributed by atoms with Crippen LogP contribution in [0.15, 0.2) is 54.6 Å². The van der Waals surface area contributed by atoms with E-state index in [1.165, 1.54) is 5.56 Å². The average molecular weight is 373 g/mol. The highest BCUT2D eigenvalue weighted by Gasteiger charge is 2.22. The van der Waals surface area contributed by atoms with Gasteiger partial charge in [-0.25, -0.2) is 0 Å². The number of morpholine rings is 1. The fraction of sp³-hybridized carbons (Fsp3) is 0.381. The van der Waals surface area contributed by atoms with Gasteiger partial charge < -0.3 is 10.1 Å². The standard InChI is InChI=1S/C21H25ClN2O2/c22-19-8-4-5-17(15-19)9-10-21(25)23-16-20(18-6-2-1-3-7-18)24-11-13-26-14-12-24/h1-8,15,20H,9-14,16H2,(H,23,25). The quantitative estimate of drug-likeness (QED) is 0.809. The lowest BCUT2D eigenvalue weighted by Crippen LogP contribution is -2.43. The van der Waals surface area contributed by atoms with Gasteiger partial charge in [-0.1, -0.05) is 54.1 Å². The van der Waals surface area contributed by atoms with Crippen molar-refractivity contribution in [1.82, 2.24) is 10.2 Å². The van der Waals surface area contributed by atoms with E-state index in [1.807, 2.05) is 42.5 Å². The van der Waals surface area contributed by atoms with Crippen LogP contribution in [0.3, 0.4) is 0 Å². The second-order valence-electron chi connectivity index (χ2n) is 6.51. The summed E-state index contributed by atoms with van der Waals surface area (Å²) in [5, 5.41) is 3.82. The molecule has 138 valence electrons. The Balaban J connectivity index is 1.55. The Morgan fingerprint density at radius 3 is 2.62 bits per heavy atom. The van der Waals surface area contributed by atoms with Crippen molar-refractivity contribution in [3.63, 3.8) is 0 Å². The number of benzene rings is 2. The monoisotopic (exact) mass is 372 g/mol. The average Bonchev–Trinajstić information content (AvgIpc) is 2.68. The number of nitrogens with one attached hydrogen (secondary N) is 1. The summed E-state index contributed by atoms with van der Waals surface area (Å²) in [6, 6.07) is 18.2. The van der Waals surface area contributed by atoms with E-state index in [9.17, 15) is 4.79 Å². The van der Waals surface area contributed by atoms with Crippen molar-refractivity contribution in [2.24, 2.45) is 0 Å². The van der Waals surface area contributed by atoms with Crippen LogP contribution >= 0.6 is 11.6 Å². The summed E-state index contributed by atoms with van der Waals surface area (Å²) in [7, 11) is 0. The predicted molar refractivity (Wildman–Crippen MR) is 104 cm³/mol. The maximum absolute atomic E-state index is 12.3. The Kier molecular flexibility index (Phi) is 7.06. The van der Waals surface area contributed by atoms with E-state index in [0.29, 0.717) is 24.4 Å². The number of hydrogen-bond acceptors (Lipinski definition) is 3. The Labute approximate surface area is 160 Å². The van der Waals surface area contributed by atoms with Crippen molar-refractivity contribution in [2.45, 2.75) is 18.9 Å². The number of aryl methyl sites for hydroxylation is 1. The minimum atomic E-state index is 0.0687. The van der Waals surface area contributed by atoms with E-state index < -0.39 is 0 Å². The van der Waals surface area contributed by atoms with Crippen molar-refractivity contribution < 1.29 is 9.53 Å². The predicted octanol–water partition coefficient (Wildman–Crippen LogP) is 3.46. The third kappa shape index (κ3) is 5.56. The highest BCUT2D eigenvalue weighted by Crippen LogP contribution is 2.21. The molecular formula is C21H25ClN2O2. The Morgan fingerprint density at radius 2 is 1.88 bits per heavy atom. The minimum absolute atomic E-state index is 0.0687. The molecule has 2 aromatic rings. The van der Waals surface area contributed by atoms with Gasteiger partial charge in [0.25, 0.3) is 0 Å². The number of ether oxygens (including phenoxy) is 1. The molecule has 0 aromatic heterocycles. The van der Waals surface area contributed by atoms with Gasteiger partial charge in [-0.3, -0.25) is 9.69 Å². The van der Waals surface area contributed by atoms with Crippen molar-refractivity contribution in [2.75, 3.05) is 32.8 Å². The third-order valence-corrected chi connectivity index (χ3v) is 4.93. The number of halogens is 1. The van der Waals surface area contributed by atoms with E-state index in [2.05, 4.69) is 22.3 Å². The molecule has 4 nitrogen and oxygen atoms in total. The van der Waals surface area contributed by atoms with Crippen LogP contribution in [0.2, 0.25) is 5.02 Å². The van der Waals surface area contributed by atoms with Gasteiger partial charge in [-0.05, 0) is 29.7 Å². The lowest BCUT2D eigenvalue weighted by atomic mass is 10.0. The lowest BCUT2D eigenvalue weighted by molar-refractivity contribution is -0.121. The first-order valence-electron chi connectivity index (χ1n) is 9.10. The van der Waals surface area contributed by atoms with Crippen molar-refractivity contribution in [3.05, 3.63) is 70.7 Å².